The summed E-state index contributed by atoms with van der Waals surface area (Å²) in [5, 5.41) is 2.58. The topological polar surface area (TPSA) is 55.4 Å². The number of aldehydes is 1. The minimum absolute atomic E-state index is 0.189. The highest BCUT2D eigenvalue weighted by Gasteiger charge is 2.09. The van der Waals surface area contributed by atoms with E-state index in [4.69, 9.17) is 4.74 Å². The van der Waals surface area contributed by atoms with Gasteiger partial charge in [0.05, 0.1) is 5.69 Å². The monoisotopic (exact) mass is 269 g/mol. The van der Waals surface area contributed by atoms with Gasteiger partial charge >= 0.3 is 6.09 Å². The molecule has 0 unspecified atom stereocenters. The average molecular weight is 269 g/mol. The third kappa shape index (κ3) is 3.45. The Bertz CT molecular complexity index is 608. The van der Waals surface area contributed by atoms with E-state index >= 15 is 0 Å². The lowest BCUT2D eigenvalue weighted by molar-refractivity contribution is 0.112. The molecule has 1 N–H and O–H groups in total. The Kier molecular flexibility index (Phi) is 4.50. The summed E-state index contributed by atoms with van der Waals surface area (Å²) in [4.78, 5) is 22.7. The number of ether oxygens (including phenoxy) is 1. The van der Waals surface area contributed by atoms with E-state index in [2.05, 4.69) is 5.32 Å². The van der Waals surface area contributed by atoms with Crippen LogP contribution in [0.4, 0.5) is 10.5 Å². The van der Waals surface area contributed by atoms with Gasteiger partial charge in [-0.05, 0) is 24.1 Å². The maximum absolute atomic E-state index is 11.7. The highest BCUT2D eigenvalue weighted by molar-refractivity contribution is 5.94. The first-order valence-corrected chi connectivity index (χ1v) is 6.23. The van der Waals surface area contributed by atoms with E-state index in [1.54, 1.807) is 12.1 Å². The summed E-state index contributed by atoms with van der Waals surface area (Å²) in [6.45, 7) is 2.00. The molecule has 0 aromatic heterocycles. The van der Waals surface area contributed by atoms with Crippen LogP contribution in [-0.2, 0) is 11.3 Å². The van der Waals surface area contributed by atoms with Crippen LogP contribution in [0, 0.1) is 6.92 Å². The minimum Gasteiger partial charge on any atom is -0.444 e. The molecule has 4 heteroatoms. The number of hydrogen-bond donors (Lipinski definition) is 1. The number of aryl methyl sites for hydroxylation is 1. The fourth-order valence-corrected chi connectivity index (χ4v) is 1.82. The number of anilines is 1. The third-order valence-corrected chi connectivity index (χ3v) is 2.89. The lowest BCUT2D eigenvalue weighted by Gasteiger charge is -2.10. The van der Waals surface area contributed by atoms with Gasteiger partial charge in [0.25, 0.3) is 0 Å². The highest BCUT2D eigenvalue weighted by atomic mass is 16.5. The molecule has 1 amide bonds. The SMILES string of the molecule is Cc1cccc(NC(=O)OCc2ccccc2)c1C=O. The maximum Gasteiger partial charge on any atom is 0.411 e. The largest absolute Gasteiger partial charge is 0.444 e. The van der Waals surface area contributed by atoms with E-state index in [-0.39, 0.29) is 6.61 Å². The first-order chi connectivity index (χ1) is 9.70. The minimum atomic E-state index is -0.581. The van der Waals surface area contributed by atoms with Gasteiger partial charge in [0.2, 0.25) is 0 Å². The fraction of sp³-hybridized carbons (Fsp3) is 0.125. The molecule has 2 aromatic carbocycles. The van der Waals surface area contributed by atoms with Crippen LogP contribution in [0.25, 0.3) is 0 Å². The molecular formula is C16H15NO3. The summed E-state index contributed by atoms with van der Waals surface area (Å²) in [5.74, 6) is 0. The first kappa shape index (κ1) is 13.8. The van der Waals surface area contributed by atoms with Crippen molar-refractivity contribution in [1.82, 2.24) is 0 Å². The molecule has 20 heavy (non-hydrogen) atoms. The summed E-state index contributed by atoms with van der Waals surface area (Å²) < 4.78 is 5.11. The number of hydrogen-bond acceptors (Lipinski definition) is 3. The molecule has 0 saturated heterocycles. The summed E-state index contributed by atoms with van der Waals surface area (Å²) in [6, 6.07) is 14.6. The van der Waals surface area contributed by atoms with Crippen LogP contribution in [0.2, 0.25) is 0 Å². The normalized spacial score (nSPS) is 9.85. The zero-order valence-electron chi connectivity index (χ0n) is 11.1. The summed E-state index contributed by atoms with van der Waals surface area (Å²) in [5.41, 5.74) is 2.63. The van der Waals surface area contributed by atoms with Gasteiger partial charge < -0.3 is 4.74 Å². The van der Waals surface area contributed by atoms with Crippen LogP contribution >= 0.6 is 0 Å². The zero-order chi connectivity index (χ0) is 14.4. The zero-order valence-corrected chi connectivity index (χ0v) is 11.1. The van der Waals surface area contributed by atoms with Crippen LogP contribution in [0.5, 0.6) is 0 Å². The Morgan fingerprint density at radius 3 is 2.60 bits per heavy atom. The van der Waals surface area contributed by atoms with Gasteiger partial charge in [-0.3, -0.25) is 10.1 Å². The molecule has 2 aromatic rings. The second kappa shape index (κ2) is 6.52. The second-order valence-corrected chi connectivity index (χ2v) is 4.34. The van der Waals surface area contributed by atoms with E-state index in [0.29, 0.717) is 11.3 Å². The van der Waals surface area contributed by atoms with E-state index in [9.17, 15) is 9.59 Å². The standard InChI is InChI=1S/C16H15NO3/c1-12-6-5-9-15(14(12)10-18)17-16(19)20-11-13-7-3-2-4-8-13/h2-10H,11H2,1H3,(H,17,19). The average Bonchev–Trinajstić information content (AvgIpc) is 2.46. The van der Waals surface area contributed by atoms with Crippen molar-refractivity contribution in [2.24, 2.45) is 0 Å². The molecule has 0 fully saturated rings. The third-order valence-electron chi connectivity index (χ3n) is 2.89. The highest BCUT2D eigenvalue weighted by Crippen LogP contribution is 2.17. The van der Waals surface area contributed by atoms with Crippen molar-refractivity contribution in [3.63, 3.8) is 0 Å². The van der Waals surface area contributed by atoms with Crippen molar-refractivity contribution in [2.75, 3.05) is 5.32 Å². The molecule has 0 aliphatic carbocycles. The van der Waals surface area contributed by atoms with E-state index in [0.717, 1.165) is 17.4 Å². The van der Waals surface area contributed by atoms with Gasteiger partial charge in [-0.1, -0.05) is 42.5 Å². The Morgan fingerprint density at radius 1 is 1.15 bits per heavy atom. The molecule has 0 atom stereocenters. The lowest BCUT2D eigenvalue weighted by atomic mass is 10.1. The first-order valence-electron chi connectivity index (χ1n) is 6.23. The second-order valence-electron chi connectivity index (χ2n) is 4.34. The van der Waals surface area contributed by atoms with Crippen molar-refractivity contribution < 1.29 is 14.3 Å². The predicted molar refractivity (Wildman–Crippen MR) is 76.8 cm³/mol. The number of carbonyl (C=O) groups excluding carboxylic acids is 2. The Labute approximate surface area is 117 Å². The number of benzene rings is 2. The van der Waals surface area contributed by atoms with Crippen LogP contribution in [0.3, 0.4) is 0 Å². The molecule has 0 saturated carbocycles. The summed E-state index contributed by atoms with van der Waals surface area (Å²) in [6.07, 6.45) is 0.143. The van der Waals surface area contributed by atoms with Crippen molar-refractivity contribution in [3.8, 4) is 0 Å². The van der Waals surface area contributed by atoms with Crippen molar-refractivity contribution >= 4 is 18.1 Å². The van der Waals surface area contributed by atoms with Gasteiger partial charge in [-0.25, -0.2) is 4.79 Å². The number of rotatable bonds is 4. The van der Waals surface area contributed by atoms with Crippen molar-refractivity contribution in [1.29, 1.82) is 0 Å². The van der Waals surface area contributed by atoms with E-state index < -0.39 is 6.09 Å². The number of nitrogens with one attached hydrogen (secondary N) is 1. The van der Waals surface area contributed by atoms with Gasteiger partial charge in [-0.15, -0.1) is 0 Å². The van der Waals surface area contributed by atoms with Gasteiger partial charge in [0.1, 0.15) is 6.61 Å². The van der Waals surface area contributed by atoms with Crippen LogP contribution in [-0.4, -0.2) is 12.4 Å². The smallest absolute Gasteiger partial charge is 0.411 e. The van der Waals surface area contributed by atoms with Crippen molar-refractivity contribution in [2.45, 2.75) is 13.5 Å². The fourth-order valence-electron chi connectivity index (χ4n) is 1.82. The molecular weight excluding hydrogens is 254 g/mol. The molecule has 0 bridgehead atoms. The molecule has 2 rings (SSSR count). The lowest BCUT2D eigenvalue weighted by Crippen LogP contribution is -2.15. The molecule has 0 aliphatic heterocycles. The Hall–Kier alpha value is -2.62. The summed E-state index contributed by atoms with van der Waals surface area (Å²) >= 11 is 0. The maximum atomic E-state index is 11.7. The molecule has 0 radical (unpaired) electrons. The molecule has 4 nitrogen and oxygen atoms in total. The molecule has 0 spiro atoms. The number of amides is 1. The van der Waals surface area contributed by atoms with Crippen LogP contribution in [0.1, 0.15) is 21.5 Å². The van der Waals surface area contributed by atoms with E-state index in [1.165, 1.54) is 0 Å². The predicted octanol–water partition coefficient (Wildman–Crippen LogP) is 3.56. The van der Waals surface area contributed by atoms with E-state index in [1.807, 2.05) is 43.3 Å². The van der Waals surface area contributed by atoms with Crippen LogP contribution < -0.4 is 5.32 Å². The molecule has 0 heterocycles. The van der Waals surface area contributed by atoms with Gasteiger partial charge in [0.15, 0.2) is 6.29 Å². The van der Waals surface area contributed by atoms with Gasteiger partial charge in [-0.2, -0.15) is 0 Å². The van der Waals surface area contributed by atoms with Crippen molar-refractivity contribution in [3.05, 3.63) is 65.2 Å². The molecule has 0 aliphatic rings. The van der Waals surface area contributed by atoms with Crippen LogP contribution in [0.15, 0.2) is 48.5 Å². The summed E-state index contributed by atoms with van der Waals surface area (Å²) in [7, 11) is 0. The molecule has 102 valence electrons. The Morgan fingerprint density at radius 2 is 1.90 bits per heavy atom. The quantitative estimate of drug-likeness (QED) is 0.863. The number of carbonyl (C=O) groups is 2. The van der Waals surface area contributed by atoms with Gasteiger partial charge in [0, 0.05) is 5.56 Å². The Balaban J connectivity index is 1.98.